The predicted molar refractivity (Wildman–Crippen MR) is 63.6 cm³/mol. The van der Waals surface area contributed by atoms with Crippen LogP contribution in [0.2, 0.25) is 0 Å². The zero-order valence-electron chi connectivity index (χ0n) is 9.59. The monoisotopic (exact) mass is 204 g/mol. The Morgan fingerprint density at radius 3 is 2.40 bits per heavy atom. The highest BCUT2D eigenvalue weighted by Gasteiger charge is 2.47. The van der Waals surface area contributed by atoms with Gasteiger partial charge in [-0.25, -0.2) is 0 Å². The maximum absolute atomic E-state index is 6.28. The van der Waals surface area contributed by atoms with Gasteiger partial charge >= 0.3 is 0 Å². The van der Waals surface area contributed by atoms with E-state index in [9.17, 15) is 0 Å². The lowest BCUT2D eigenvalue weighted by molar-refractivity contribution is 0.419. The summed E-state index contributed by atoms with van der Waals surface area (Å²) < 4.78 is 0. The van der Waals surface area contributed by atoms with Crippen LogP contribution in [0.1, 0.15) is 35.6 Å². The molecular formula is C13H20N2. The third-order valence-corrected chi connectivity index (χ3v) is 3.85. The Labute approximate surface area is 91.7 Å². The van der Waals surface area contributed by atoms with Crippen molar-refractivity contribution in [3.05, 3.63) is 34.9 Å². The van der Waals surface area contributed by atoms with Crippen LogP contribution >= 0.6 is 0 Å². The first-order valence-corrected chi connectivity index (χ1v) is 5.62. The van der Waals surface area contributed by atoms with Crippen LogP contribution in [-0.4, -0.2) is 6.54 Å². The molecule has 0 aromatic heterocycles. The molecule has 1 unspecified atom stereocenters. The van der Waals surface area contributed by atoms with Gasteiger partial charge < -0.3 is 11.5 Å². The summed E-state index contributed by atoms with van der Waals surface area (Å²) in [5.74, 6) is 0. The van der Waals surface area contributed by atoms with E-state index in [0.717, 1.165) is 0 Å². The zero-order valence-corrected chi connectivity index (χ0v) is 9.59. The van der Waals surface area contributed by atoms with E-state index in [0.29, 0.717) is 6.54 Å². The zero-order chi connectivity index (χ0) is 11.1. The fraction of sp³-hybridized carbons (Fsp3) is 0.538. The van der Waals surface area contributed by atoms with Gasteiger partial charge in [0.25, 0.3) is 0 Å². The number of nitrogens with two attached hydrogens (primary N) is 2. The average molecular weight is 204 g/mol. The smallest absolute Gasteiger partial charge is 0.0364 e. The fourth-order valence-electron chi connectivity index (χ4n) is 2.11. The Bertz CT molecular complexity index is 367. The van der Waals surface area contributed by atoms with Crippen molar-refractivity contribution < 1.29 is 0 Å². The van der Waals surface area contributed by atoms with Gasteiger partial charge in [-0.2, -0.15) is 0 Å². The minimum absolute atomic E-state index is 0.113. The summed E-state index contributed by atoms with van der Waals surface area (Å²) in [7, 11) is 0. The van der Waals surface area contributed by atoms with Gasteiger partial charge in [-0.1, -0.05) is 18.2 Å². The highest BCUT2D eigenvalue weighted by atomic mass is 14.8. The normalized spacial score (nSPS) is 20.0. The lowest BCUT2D eigenvalue weighted by atomic mass is 9.89. The molecule has 0 bridgehead atoms. The topological polar surface area (TPSA) is 52.0 Å². The number of hydrogen-bond acceptors (Lipinski definition) is 2. The molecule has 0 radical (unpaired) electrons. The fourth-order valence-corrected chi connectivity index (χ4v) is 2.11. The lowest BCUT2D eigenvalue weighted by Crippen LogP contribution is -2.29. The first-order valence-electron chi connectivity index (χ1n) is 5.62. The highest BCUT2D eigenvalue weighted by molar-refractivity contribution is 5.33. The molecule has 1 aliphatic rings. The Kier molecular flexibility index (Phi) is 2.57. The highest BCUT2D eigenvalue weighted by Crippen LogP contribution is 2.52. The molecule has 0 heterocycles. The van der Waals surface area contributed by atoms with Crippen LogP contribution in [0.4, 0.5) is 0 Å². The van der Waals surface area contributed by atoms with Crippen molar-refractivity contribution in [1.82, 2.24) is 0 Å². The number of benzene rings is 1. The molecule has 1 aliphatic carbocycles. The predicted octanol–water partition coefficient (Wildman–Crippen LogP) is 2.04. The van der Waals surface area contributed by atoms with Crippen molar-refractivity contribution in [3.8, 4) is 0 Å². The van der Waals surface area contributed by atoms with E-state index in [1.807, 2.05) is 0 Å². The van der Waals surface area contributed by atoms with E-state index in [1.165, 1.54) is 29.5 Å². The van der Waals surface area contributed by atoms with E-state index in [2.05, 4.69) is 32.0 Å². The average Bonchev–Trinajstić information content (AvgIpc) is 3.02. The standard InChI is InChI=1S/C13H20N2/c1-9-3-4-11(7-10(9)2)12(15)13(8-14)5-6-13/h3-4,7,12H,5-6,8,14-15H2,1-2H3. The Morgan fingerprint density at radius 2 is 1.93 bits per heavy atom. The number of aryl methyl sites for hydroxylation is 2. The molecular weight excluding hydrogens is 184 g/mol. The van der Waals surface area contributed by atoms with Gasteiger partial charge in [-0.3, -0.25) is 0 Å². The molecule has 1 atom stereocenters. The van der Waals surface area contributed by atoms with Crippen molar-refractivity contribution in [3.63, 3.8) is 0 Å². The molecule has 0 amide bonds. The van der Waals surface area contributed by atoms with Crippen LogP contribution < -0.4 is 11.5 Å². The van der Waals surface area contributed by atoms with Gasteiger partial charge in [0.2, 0.25) is 0 Å². The lowest BCUT2D eigenvalue weighted by Gasteiger charge is -2.22. The summed E-state index contributed by atoms with van der Waals surface area (Å²) in [5, 5.41) is 0. The van der Waals surface area contributed by atoms with E-state index >= 15 is 0 Å². The maximum Gasteiger partial charge on any atom is 0.0364 e. The number of hydrogen-bond donors (Lipinski definition) is 2. The van der Waals surface area contributed by atoms with E-state index in [-0.39, 0.29) is 11.5 Å². The Hall–Kier alpha value is -0.860. The van der Waals surface area contributed by atoms with Crippen molar-refractivity contribution in [2.45, 2.75) is 32.7 Å². The molecule has 82 valence electrons. The van der Waals surface area contributed by atoms with Crippen LogP contribution in [0.15, 0.2) is 18.2 Å². The van der Waals surface area contributed by atoms with Crippen LogP contribution in [0.3, 0.4) is 0 Å². The third-order valence-electron chi connectivity index (χ3n) is 3.85. The molecule has 0 spiro atoms. The van der Waals surface area contributed by atoms with Gasteiger partial charge in [-0.05, 0) is 49.9 Å². The van der Waals surface area contributed by atoms with Crippen LogP contribution in [0, 0.1) is 19.3 Å². The minimum atomic E-state index is 0.113. The quantitative estimate of drug-likeness (QED) is 0.791. The van der Waals surface area contributed by atoms with E-state index in [1.54, 1.807) is 0 Å². The van der Waals surface area contributed by atoms with Gasteiger partial charge in [0, 0.05) is 11.5 Å². The molecule has 1 saturated carbocycles. The van der Waals surface area contributed by atoms with Gasteiger partial charge in [0.05, 0.1) is 0 Å². The minimum Gasteiger partial charge on any atom is -0.330 e. The first-order chi connectivity index (χ1) is 7.09. The molecule has 0 saturated heterocycles. The van der Waals surface area contributed by atoms with Crippen molar-refractivity contribution in [2.75, 3.05) is 6.54 Å². The van der Waals surface area contributed by atoms with E-state index in [4.69, 9.17) is 11.5 Å². The molecule has 2 heteroatoms. The summed E-state index contributed by atoms with van der Waals surface area (Å²) in [4.78, 5) is 0. The summed E-state index contributed by atoms with van der Waals surface area (Å²) in [6, 6.07) is 6.61. The van der Waals surface area contributed by atoms with Crippen LogP contribution in [0.5, 0.6) is 0 Å². The van der Waals surface area contributed by atoms with Crippen molar-refractivity contribution in [1.29, 1.82) is 0 Å². The van der Waals surface area contributed by atoms with Crippen molar-refractivity contribution in [2.24, 2.45) is 16.9 Å². The molecule has 15 heavy (non-hydrogen) atoms. The molecule has 0 aliphatic heterocycles. The summed E-state index contributed by atoms with van der Waals surface area (Å²) in [6.45, 7) is 4.97. The molecule has 1 aromatic carbocycles. The number of rotatable bonds is 3. The van der Waals surface area contributed by atoms with Gasteiger partial charge in [0.15, 0.2) is 0 Å². The molecule has 2 nitrogen and oxygen atoms in total. The second-order valence-electron chi connectivity index (χ2n) is 4.89. The summed E-state index contributed by atoms with van der Waals surface area (Å²) in [6.07, 6.45) is 2.36. The molecule has 2 rings (SSSR count). The third kappa shape index (κ3) is 1.80. The van der Waals surface area contributed by atoms with Gasteiger partial charge in [-0.15, -0.1) is 0 Å². The Morgan fingerprint density at radius 1 is 1.27 bits per heavy atom. The molecule has 1 fully saturated rings. The SMILES string of the molecule is Cc1ccc(C(N)C2(CN)CC2)cc1C. The largest absolute Gasteiger partial charge is 0.330 e. The summed E-state index contributed by atoms with van der Waals surface area (Å²) >= 11 is 0. The summed E-state index contributed by atoms with van der Waals surface area (Å²) in [5.41, 5.74) is 16.2. The van der Waals surface area contributed by atoms with Crippen LogP contribution in [-0.2, 0) is 0 Å². The Balaban J connectivity index is 2.26. The second-order valence-corrected chi connectivity index (χ2v) is 4.89. The maximum atomic E-state index is 6.28. The van der Waals surface area contributed by atoms with E-state index < -0.39 is 0 Å². The molecule has 4 N–H and O–H groups in total. The molecule has 1 aromatic rings. The van der Waals surface area contributed by atoms with Gasteiger partial charge in [0.1, 0.15) is 0 Å². The van der Waals surface area contributed by atoms with Crippen LogP contribution in [0.25, 0.3) is 0 Å². The van der Waals surface area contributed by atoms with Crippen molar-refractivity contribution >= 4 is 0 Å². The second kappa shape index (κ2) is 3.62. The first kappa shape index (κ1) is 10.7.